The third-order valence-electron chi connectivity index (χ3n) is 4.23. The minimum atomic E-state index is -4.10. The molecule has 0 amide bonds. The second kappa shape index (κ2) is 6.57. The van der Waals surface area contributed by atoms with Gasteiger partial charge in [0.1, 0.15) is 4.90 Å². The van der Waals surface area contributed by atoms with Gasteiger partial charge in [-0.3, -0.25) is 0 Å². The number of sulfonamides is 2. The Morgan fingerprint density at radius 3 is 2.38 bits per heavy atom. The van der Waals surface area contributed by atoms with E-state index in [0.717, 1.165) is 25.3 Å². The van der Waals surface area contributed by atoms with Gasteiger partial charge in [0.25, 0.3) is 0 Å². The minimum Gasteiger partial charge on any atom is -0.225 e. The SMILES string of the molecule is CC1CC(NS(=O)(=O)c2ccc(Cl)c(S(N)(=O)=O)c2)CC(C)(C)C1. The topological polar surface area (TPSA) is 106 Å². The number of rotatable bonds is 4. The van der Waals surface area contributed by atoms with E-state index in [1.54, 1.807) is 0 Å². The zero-order valence-electron chi connectivity index (χ0n) is 13.9. The Balaban J connectivity index is 2.31. The van der Waals surface area contributed by atoms with E-state index in [4.69, 9.17) is 16.7 Å². The molecular weight excluding hydrogens is 372 g/mol. The Morgan fingerprint density at radius 2 is 1.83 bits per heavy atom. The molecule has 2 unspecified atom stereocenters. The monoisotopic (exact) mass is 394 g/mol. The molecule has 0 bridgehead atoms. The highest BCUT2D eigenvalue weighted by Gasteiger charge is 2.34. The average Bonchev–Trinajstić information content (AvgIpc) is 2.33. The van der Waals surface area contributed by atoms with Crippen molar-refractivity contribution in [2.75, 3.05) is 0 Å². The molecule has 2 atom stereocenters. The van der Waals surface area contributed by atoms with Gasteiger partial charge in [0, 0.05) is 6.04 Å². The normalized spacial score (nSPS) is 24.7. The predicted molar refractivity (Wildman–Crippen MR) is 93.7 cm³/mol. The third kappa shape index (κ3) is 4.70. The maximum Gasteiger partial charge on any atom is 0.240 e. The van der Waals surface area contributed by atoms with E-state index in [1.807, 2.05) is 0 Å². The molecule has 1 aliphatic carbocycles. The van der Waals surface area contributed by atoms with E-state index in [9.17, 15) is 16.8 Å². The van der Waals surface area contributed by atoms with Gasteiger partial charge in [-0.2, -0.15) is 0 Å². The first kappa shape index (κ1) is 19.7. The summed E-state index contributed by atoms with van der Waals surface area (Å²) in [6.45, 7) is 6.33. The van der Waals surface area contributed by atoms with Crippen molar-refractivity contribution < 1.29 is 16.8 Å². The maximum atomic E-state index is 12.6. The first-order valence-corrected chi connectivity index (χ1v) is 11.1. The fraction of sp³-hybridized carbons (Fsp3) is 0.600. The van der Waals surface area contributed by atoms with E-state index >= 15 is 0 Å². The summed E-state index contributed by atoms with van der Waals surface area (Å²) in [6.07, 6.45) is 2.52. The first-order chi connectivity index (χ1) is 10.8. The Labute approximate surface area is 148 Å². The van der Waals surface area contributed by atoms with Crippen LogP contribution in [0.5, 0.6) is 0 Å². The minimum absolute atomic E-state index is 0.0522. The number of nitrogens with one attached hydrogen (secondary N) is 1. The number of primary sulfonamides is 1. The molecule has 0 saturated heterocycles. The highest BCUT2D eigenvalue weighted by atomic mass is 35.5. The Hall–Kier alpha value is -0.670. The third-order valence-corrected chi connectivity index (χ3v) is 7.14. The number of halogens is 1. The van der Waals surface area contributed by atoms with Gasteiger partial charge in [0.2, 0.25) is 20.0 Å². The molecule has 0 spiro atoms. The highest BCUT2D eigenvalue weighted by molar-refractivity contribution is 7.90. The second-order valence-corrected chi connectivity index (χ2v) is 11.0. The Bertz CT molecular complexity index is 835. The van der Waals surface area contributed by atoms with Crippen LogP contribution in [-0.4, -0.2) is 22.9 Å². The molecule has 24 heavy (non-hydrogen) atoms. The number of nitrogens with two attached hydrogens (primary N) is 1. The van der Waals surface area contributed by atoms with E-state index in [-0.39, 0.29) is 21.4 Å². The summed E-state index contributed by atoms with van der Waals surface area (Å²) >= 11 is 5.80. The molecule has 3 N–H and O–H groups in total. The van der Waals surface area contributed by atoms with Crippen molar-refractivity contribution in [3.63, 3.8) is 0 Å². The molecule has 6 nitrogen and oxygen atoms in total. The summed E-state index contributed by atoms with van der Waals surface area (Å²) in [6, 6.07) is 3.31. The molecular formula is C15H23ClN2O4S2. The molecule has 1 aliphatic rings. The summed E-state index contributed by atoms with van der Waals surface area (Å²) in [5, 5.41) is 4.97. The van der Waals surface area contributed by atoms with Crippen molar-refractivity contribution in [1.29, 1.82) is 0 Å². The molecule has 136 valence electrons. The quantitative estimate of drug-likeness (QED) is 0.817. The summed E-state index contributed by atoms with van der Waals surface area (Å²) < 4.78 is 51.0. The van der Waals surface area contributed by atoms with Crippen LogP contribution in [0.4, 0.5) is 0 Å². The molecule has 0 radical (unpaired) electrons. The van der Waals surface area contributed by atoms with Gasteiger partial charge in [-0.15, -0.1) is 0 Å². The Morgan fingerprint density at radius 1 is 1.21 bits per heavy atom. The largest absolute Gasteiger partial charge is 0.240 e. The van der Waals surface area contributed by atoms with Crippen molar-refractivity contribution in [1.82, 2.24) is 4.72 Å². The Kier molecular flexibility index (Phi) is 5.38. The van der Waals surface area contributed by atoms with E-state index in [2.05, 4.69) is 25.5 Å². The molecule has 1 fully saturated rings. The van der Waals surface area contributed by atoms with E-state index < -0.39 is 24.9 Å². The molecule has 0 aliphatic heterocycles. The van der Waals surface area contributed by atoms with Crippen molar-refractivity contribution in [3.8, 4) is 0 Å². The number of benzene rings is 1. The lowest BCUT2D eigenvalue weighted by atomic mass is 9.71. The van der Waals surface area contributed by atoms with Crippen LogP contribution in [0.2, 0.25) is 5.02 Å². The summed E-state index contributed by atoms with van der Waals surface area (Å²) in [5.41, 5.74) is 0.0522. The lowest BCUT2D eigenvalue weighted by Crippen LogP contribution is -2.42. The van der Waals surface area contributed by atoms with Crippen molar-refractivity contribution in [2.45, 2.75) is 55.9 Å². The van der Waals surface area contributed by atoms with Gasteiger partial charge in [-0.05, 0) is 48.8 Å². The highest BCUT2D eigenvalue weighted by Crippen LogP contribution is 2.39. The van der Waals surface area contributed by atoms with Crippen LogP contribution in [0.3, 0.4) is 0 Å². The van der Waals surface area contributed by atoms with Gasteiger partial charge in [-0.1, -0.05) is 32.4 Å². The van der Waals surface area contributed by atoms with Crippen LogP contribution in [0, 0.1) is 11.3 Å². The molecule has 1 saturated carbocycles. The lowest BCUT2D eigenvalue weighted by molar-refractivity contribution is 0.163. The molecule has 1 aromatic rings. The molecule has 0 aromatic heterocycles. The molecule has 0 heterocycles. The summed E-state index contributed by atoms with van der Waals surface area (Å²) in [5.74, 6) is 0.409. The van der Waals surface area contributed by atoms with Gasteiger partial charge in [0.15, 0.2) is 0 Å². The molecule has 2 rings (SSSR count). The van der Waals surface area contributed by atoms with Crippen LogP contribution in [0.25, 0.3) is 0 Å². The average molecular weight is 395 g/mol. The van der Waals surface area contributed by atoms with Crippen LogP contribution in [0.15, 0.2) is 28.0 Å². The van der Waals surface area contributed by atoms with Crippen LogP contribution >= 0.6 is 11.6 Å². The lowest BCUT2D eigenvalue weighted by Gasteiger charge is -2.39. The molecule has 1 aromatic carbocycles. The first-order valence-electron chi connectivity index (χ1n) is 7.65. The van der Waals surface area contributed by atoms with Crippen LogP contribution in [0.1, 0.15) is 40.0 Å². The fourth-order valence-electron chi connectivity index (χ4n) is 3.59. The van der Waals surface area contributed by atoms with Gasteiger partial charge in [-0.25, -0.2) is 26.7 Å². The summed E-state index contributed by atoms with van der Waals surface area (Å²) in [7, 11) is -7.96. The zero-order chi connectivity index (χ0) is 18.3. The van der Waals surface area contributed by atoms with Crippen molar-refractivity contribution in [3.05, 3.63) is 23.2 Å². The fourth-order valence-corrected chi connectivity index (χ4v) is 6.01. The number of hydrogen-bond donors (Lipinski definition) is 2. The van der Waals surface area contributed by atoms with Crippen LogP contribution in [-0.2, 0) is 20.0 Å². The van der Waals surface area contributed by atoms with Crippen LogP contribution < -0.4 is 9.86 Å². The van der Waals surface area contributed by atoms with Crippen molar-refractivity contribution >= 4 is 31.6 Å². The molecule has 9 heteroatoms. The second-order valence-electron chi connectivity index (χ2n) is 7.37. The van der Waals surface area contributed by atoms with E-state index in [0.29, 0.717) is 5.92 Å². The van der Waals surface area contributed by atoms with Gasteiger partial charge >= 0.3 is 0 Å². The maximum absolute atomic E-state index is 12.6. The standard InChI is InChI=1S/C15H23ClN2O4S2/c1-10-6-11(9-15(2,3)8-10)18-24(21,22)12-4-5-13(16)14(7-12)23(17,19)20/h4-5,7,10-11,18H,6,8-9H2,1-3H3,(H2,17,19,20). The van der Waals surface area contributed by atoms with Gasteiger partial charge in [0.05, 0.1) is 9.92 Å². The van der Waals surface area contributed by atoms with E-state index in [1.165, 1.54) is 12.1 Å². The predicted octanol–water partition coefficient (Wildman–Crippen LogP) is 2.48. The van der Waals surface area contributed by atoms with Crippen molar-refractivity contribution in [2.24, 2.45) is 16.5 Å². The number of hydrogen-bond acceptors (Lipinski definition) is 4. The smallest absolute Gasteiger partial charge is 0.225 e. The zero-order valence-corrected chi connectivity index (χ0v) is 16.3. The van der Waals surface area contributed by atoms with Gasteiger partial charge < -0.3 is 0 Å². The summed E-state index contributed by atoms with van der Waals surface area (Å²) in [4.78, 5) is -0.559.